The van der Waals surface area contributed by atoms with Crippen LogP contribution < -0.4 is 10.1 Å². The van der Waals surface area contributed by atoms with E-state index in [1.807, 2.05) is 19.9 Å². The fourth-order valence-corrected chi connectivity index (χ4v) is 3.17. The predicted molar refractivity (Wildman–Crippen MR) is 99.7 cm³/mol. The molecule has 2 aromatic heterocycles. The van der Waals surface area contributed by atoms with Crippen LogP contribution in [0.25, 0.3) is 10.8 Å². The van der Waals surface area contributed by atoms with Gasteiger partial charge in [0, 0.05) is 5.56 Å². The van der Waals surface area contributed by atoms with Crippen LogP contribution in [0, 0.1) is 13.8 Å². The molecule has 0 radical (unpaired) electrons. The molecule has 0 unspecified atom stereocenters. The monoisotopic (exact) mass is 372 g/mol. The quantitative estimate of drug-likeness (QED) is 0.624. The normalized spacial score (nSPS) is 10.7. The third-order valence-electron chi connectivity index (χ3n) is 3.61. The molecule has 0 aliphatic rings. The average Bonchev–Trinajstić information content (AvgIpc) is 3.21. The Bertz CT molecular complexity index is 903. The lowest BCUT2D eigenvalue weighted by molar-refractivity contribution is 0.102. The number of rotatable bonds is 7. The number of carbonyl (C=O) groups is 1. The number of anilines is 1. The third-order valence-corrected chi connectivity index (χ3v) is 4.67. The molecule has 1 aromatic carbocycles. The Balaban J connectivity index is 1.69. The second-order valence-corrected chi connectivity index (χ2v) is 6.95. The second-order valence-electron chi connectivity index (χ2n) is 5.74. The van der Waals surface area contributed by atoms with Gasteiger partial charge >= 0.3 is 6.01 Å². The van der Waals surface area contributed by atoms with Gasteiger partial charge in [-0.25, -0.2) is 4.98 Å². The lowest BCUT2D eigenvalue weighted by Crippen LogP contribution is -2.12. The highest BCUT2D eigenvalue weighted by Gasteiger charge is 2.17. The number of amides is 1. The van der Waals surface area contributed by atoms with Crippen molar-refractivity contribution in [1.29, 1.82) is 0 Å². The molecule has 3 rings (SSSR count). The first kappa shape index (κ1) is 18.1. The van der Waals surface area contributed by atoms with E-state index in [1.54, 1.807) is 18.2 Å². The zero-order valence-corrected chi connectivity index (χ0v) is 15.7. The number of aryl methyl sites for hydroxylation is 2. The van der Waals surface area contributed by atoms with E-state index in [-0.39, 0.29) is 11.9 Å². The molecular weight excluding hydrogens is 352 g/mol. The summed E-state index contributed by atoms with van der Waals surface area (Å²) in [7, 11) is 0. The van der Waals surface area contributed by atoms with Gasteiger partial charge in [-0.05, 0) is 38.5 Å². The van der Waals surface area contributed by atoms with E-state index in [9.17, 15) is 4.79 Å². The van der Waals surface area contributed by atoms with Crippen molar-refractivity contribution in [3.05, 3.63) is 40.5 Å². The molecular formula is C18H20N4O3S. The molecule has 0 bridgehead atoms. The van der Waals surface area contributed by atoms with Crippen LogP contribution >= 0.6 is 11.3 Å². The summed E-state index contributed by atoms with van der Waals surface area (Å²) in [5, 5.41) is 11.4. The maximum Gasteiger partial charge on any atom is 0.322 e. The number of hydrogen-bond donors (Lipinski definition) is 1. The minimum absolute atomic E-state index is 0.0488. The molecule has 8 heteroatoms. The van der Waals surface area contributed by atoms with Gasteiger partial charge in [0.25, 0.3) is 11.8 Å². The topological polar surface area (TPSA) is 90.1 Å². The highest BCUT2D eigenvalue weighted by Crippen LogP contribution is 2.29. The van der Waals surface area contributed by atoms with Crippen molar-refractivity contribution in [2.75, 3.05) is 11.9 Å². The smallest absolute Gasteiger partial charge is 0.322 e. The Labute approximate surface area is 155 Å². The van der Waals surface area contributed by atoms with E-state index in [0.717, 1.165) is 28.4 Å². The molecule has 0 atom stereocenters. The summed E-state index contributed by atoms with van der Waals surface area (Å²) in [6, 6.07) is 7.05. The Kier molecular flexibility index (Phi) is 5.62. The fourth-order valence-electron chi connectivity index (χ4n) is 2.33. The van der Waals surface area contributed by atoms with Gasteiger partial charge in [0.05, 0.1) is 17.3 Å². The van der Waals surface area contributed by atoms with Gasteiger partial charge in [0.1, 0.15) is 10.6 Å². The second kappa shape index (κ2) is 8.09. The van der Waals surface area contributed by atoms with Gasteiger partial charge in [-0.3, -0.25) is 10.1 Å². The highest BCUT2D eigenvalue weighted by molar-refractivity contribution is 7.15. The van der Waals surface area contributed by atoms with Crippen LogP contribution in [-0.4, -0.2) is 27.7 Å². The lowest BCUT2D eigenvalue weighted by Gasteiger charge is -2.07. The number of unbranched alkanes of at least 4 members (excludes halogenated alkanes) is 1. The number of ether oxygens (including phenoxy) is 1. The number of benzene rings is 1. The molecule has 7 nitrogen and oxygen atoms in total. The maximum absolute atomic E-state index is 12.4. The van der Waals surface area contributed by atoms with Crippen LogP contribution in [-0.2, 0) is 0 Å². The molecule has 26 heavy (non-hydrogen) atoms. The highest BCUT2D eigenvalue weighted by atomic mass is 32.1. The number of thiazole rings is 1. The summed E-state index contributed by atoms with van der Waals surface area (Å²) in [6.07, 6.45) is 2.02. The summed E-state index contributed by atoms with van der Waals surface area (Å²) >= 11 is 1.47. The summed E-state index contributed by atoms with van der Waals surface area (Å²) in [6.45, 7) is 6.52. The van der Waals surface area contributed by atoms with Crippen molar-refractivity contribution in [1.82, 2.24) is 15.2 Å². The van der Waals surface area contributed by atoms with Crippen molar-refractivity contribution < 1.29 is 13.9 Å². The molecule has 0 aliphatic carbocycles. The Morgan fingerprint density at radius 3 is 2.88 bits per heavy atom. The Hall–Kier alpha value is -2.74. The summed E-state index contributed by atoms with van der Waals surface area (Å²) in [5.74, 6) is 0.673. The minimum atomic E-state index is -0.335. The van der Waals surface area contributed by atoms with Crippen molar-refractivity contribution in [2.45, 2.75) is 33.6 Å². The number of nitrogens with zero attached hydrogens (tertiary/aromatic N) is 3. The van der Waals surface area contributed by atoms with Gasteiger partial charge in [-0.15, -0.1) is 16.4 Å². The van der Waals surface area contributed by atoms with Crippen LogP contribution in [0.4, 0.5) is 6.01 Å². The van der Waals surface area contributed by atoms with E-state index in [1.165, 1.54) is 11.3 Å². The number of aromatic nitrogens is 3. The zero-order valence-electron chi connectivity index (χ0n) is 14.9. The summed E-state index contributed by atoms with van der Waals surface area (Å²) < 4.78 is 11.2. The van der Waals surface area contributed by atoms with Crippen LogP contribution in [0.5, 0.6) is 5.75 Å². The number of carbonyl (C=O) groups excluding carboxylic acids is 1. The molecule has 0 fully saturated rings. The molecule has 2 heterocycles. The predicted octanol–water partition coefficient (Wildman–Crippen LogP) is 4.24. The van der Waals surface area contributed by atoms with Gasteiger partial charge in [0.2, 0.25) is 0 Å². The minimum Gasteiger partial charge on any atom is -0.494 e. The van der Waals surface area contributed by atoms with Crippen LogP contribution in [0.2, 0.25) is 0 Å². The van der Waals surface area contributed by atoms with Gasteiger partial charge in [-0.1, -0.05) is 24.5 Å². The van der Waals surface area contributed by atoms with E-state index in [4.69, 9.17) is 9.15 Å². The first-order valence-electron chi connectivity index (χ1n) is 8.39. The van der Waals surface area contributed by atoms with Crippen molar-refractivity contribution in [2.24, 2.45) is 0 Å². The SMILES string of the molecule is CCCCOc1cccc(C(=O)Nc2nnc(-c3sc(C)nc3C)o2)c1. The molecule has 1 N–H and O–H groups in total. The Morgan fingerprint density at radius 2 is 2.15 bits per heavy atom. The first-order valence-corrected chi connectivity index (χ1v) is 9.20. The first-order chi connectivity index (χ1) is 12.6. The van der Waals surface area contributed by atoms with Crippen molar-refractivity contribution >= 4 is 23.3 Å². The fraction of sp³-hybridized carbons (Fsp3) is 0.333. The number of nitrogens with one attached hydrogen (secondary N) is 1. The largest absolute Gasteiger partial charge is 0.494 e. The Morgan fingerprint density at radius 1 is 1.31 bits per heavy atom. The number of hydrogen-bond acceptors (Lipinski definition) is 7. The standard InChI is InChI=1S/C18H20N4O3S/c1-4-5-9-24-14-8-6-7-13(10-14)16(23)20-18-22-21-17(25-18)15-11(2)19-12(3)26-15/h6-8,10H,4-5,9H2,1-3H3,(H,20,22,23). The average molecular weight is 372 g/mol. The maximum atomic E-state index is 12.4. The molecule has 0 saturated heterocycles. The van der Waals surface area contributed by atoms with E-state index >= 15 is 0 Å². The van der Waals surface area contributed by atoms with Crippen LogP contribution in [0.15, 0.2) is 28.7 Å². The summed E-state index contributed by atoms with van der Waals surface area (Å²) in [5.41, 5.74) is 1.29. The van der Waals surface area contributed by atoms with Crippen LogP contribution in [0.1, 0.15) is 40.8 Å². The molecule has 0 aliphatic heterocycles. The van der Waals surface area contributed by atoms with Gasteiger partial charge < -0.3 is 9.15 Å². The van der Waals surface area contributed by atoms with E-state index in [0.29, 0.717) is 23.8 Å². The van der Waals surface area contributed by atoms with E-state index < -0.39 is 0 Å². The summed E-state index contributed by atoms with van der Waals surface area (Å²) in [4.78, 5) is 17.6. The van der Waals surface area contributed by atoms with Gasteiger partial charge in [0.15, 0.2) is 0 Å². The van der Waals surface area contributed by atoms with Crippen molar-refractivity contribution in [3.63, 3.8) is 0 Å². The molecule has 136 valence electrons. The lowest BCUT2D eigenvalue weighted by atomic mass is 10.2. The zero-order chi connectivity index (χ0) is 18.5. The van der Waals surface area contributed by atoms with Crippen LogP contribution in [0.3, 0.4) is 0 Å². The van der Waals surface area contributed by atoms with E-state index in [2.05, 4.69) is 27.4 Å². The van der Waals surface area contributed by atoms with Gasteiger partial charge in [-0.2, -0.15) is 0 Å². The van der Waals surface area contributed by atoms with Crippen molar-refractivity contribution in [3.8, 4) is 16.5 Å². The molecule has 0 spiro atoms. The molecule has 3 aromatic rings. The third kappa shape index (κ3) is 4.26. The molecule has 1 amide bonds. The molecule has 0 saturated carbocycles.